The van der Waals surface area contributed by atoms with Crippen molar-refractivity contribution < 1.29 is 4.74 Å². The molecule has 2 nitrogen and oxygen atoms in total. The summed E-state index contributed by atoms with van der Waals surface area (Å²) in [6.45, 7) is 5.88. The van der Waals surface area contributed by atoms with Crippen molar-refractivity contribution in [2.75, 3.05) is 18.5 Å². The molecule has 0 heterocycles. The second-order valence-electron chi connectivity index (χ2n) is 5.47. The topological polar surface area (TPSA) is 21.3 Å². The number of hydrogen-bond donors (Lipinski definition) is 1. The van der Waals surface area contributed by atoms with Crippen LogP contribution in [0.25, 0.3) is 0 Å². The Bertz CT molecular complexity index is 598. The van der Waals surface area contributed by atoms with Gasteiger partial charge in [0.05, 0.1) is 12.3 Å². The highest BCUT2D eigenvalue weighted by molar-refractivity contribution is 9.10. The van der Waals surface area contributed by atoms with Crippen molar-refractivity contribution in [3.05, 3.63) is 58.1 Å². The molecule has 118 valence electrons. The summed E-state index contributed by atoms with van der Waals surface area (Å²) in [6.07, 6.45) is 3.33. The van der Waals surface area contributed by atoms with Crippen molar-refractivity contribution in [1.82, 2.24) is 0 Å². The maximum atomic E-state index is 5.92. The first kappa shape index (κ1) is 16.9. The SMILES string of the molecule is CCNc1cc(Br)ccc1OCCCCc1cccc(C)c1. The van der Waals surface area contributed by atoms with Crippen molar-refractivity contribution in [1.29, 1.82) is 0 Å². The van der Waals surface area contributed by atoms with Crippen LogP contribution < -0.4 is 10.1 Å². The van der Waals surface area contributed by atoms with Crippen molar-refractivity contribution in [2.24, 2.45) is 0 Å². The van der Waals surface area contributed by atoms with Gasteiger partial charge in [-0.25, -0.2) is 0 Å². The van der Waals surface area contributed by atoms with Crippen LogP contribution >= 0.6 is 15.9 Å². The van der Waals surface area contributed by atoms with Crippen molar-refractivity contribution in [3.63, 3.8) is 0 Å². The van der Waals surface area contributed by atoms with Gasteiger partial charge in [0.15, 0.2) is 0 Å². The highest BCUT2D eigenvalue weighted by Crippen LogP contribution is 2.28. The molecule has 1 N–H and O–H groups in total. The van der Waals surface area contributed by atoms with Gasteiger partial charge in [-0.05, 0) is 56.9 Å². The third-order valence-electron chi connectivity index (χ3n) is 3.51. The van der Waals surface area contributed by atoms with E-state index in [1.54, 1.807) is 0 Å². The number of ether oxygens (including phenoxy) is 1. The summed E-state index contributed by atoms with van der Waals surface area (Å²) >= 11 is 3.50. The van der Waals surface area contributed by atoms with E-state index < -0.39 is 0 Å². The molecule has 2 aromatic carbocycles. The largest absolute Gasteiger partial charge is 0.491 e. The van der Waals surface area contributed by atoms with Gasteiger partial charge in [0.25, 0.3) is 0 Å². The highest BCUT2D eigenvalue weighted by atomic mass is 79.9. The monoisotopic (exact) mass is 361 g/mol. The first-order valence-corrected chi connectivity index (χ1v) is 8.70. The molecule has 0 saturated carbocycles. The number of rotatable bonds is 8. The van der Waals surface area contributed by atoms with Gasteiger partial charge in [-0.15, -0.1) is 0 Å². The van der Waals surface area contributed by atoms with Crippen LogP contribution in [-0.4, -0.2) is 13.2 Å². The number of nitrogens with one attached hydrogen (secondary N) is 1. The zero-order valence-electron chi connectivity index (χ0n) is 13.4. The second-order valence-corrected chi connectivity index (χ2v) is 6.38. The van der Waals surface area contributed by atoms with Gasteiger partial charge in [-0.3, -0.25) is 0 Å². The predicted octanol–water partition coefficient (Wildman–Crippen LogP) is 5.59. The Hall–Kier alpha value is -1.48. The Morgan fingerprint density at radius 3 is 2.73 bits per heavy atom. The second kappa shape index (κ2) is 8.84. The van der Waals surface area contributed by atoms with E-state index in [0.717, 1.165) is 48.3 Å². The van der Waals surface area contributed by atoms with E-state index in [4.69, 9.17) is 4.74 Å². The Labute approximate surface area is 142 Å². The number of aryl methyl sites for hydroxylation is 2. The molecule has 2 rings (SSSR count). The molecule has 3 heteroatoms. The average Bonchev–Trinajstić information content (AvgIpc) is 2.49. The Morgan fingerprint density at radius 2 is 1.95 bits per heavy atom. The maximum absolute atomic E-state index is 5.92. The molecule has 0 aliphatic carbocycles. The molecule has 0 unspecified atom stereocenters. The summed E-state index contributed by atoms with van der Waals surface area (Å²) in [7, 11) is 0. The maximum Gasteiger partial charge on any atom is 0.142 e. The molecule has 0 atom stereocenters. The predicted molar refractivity (Wildman–Crippen MR) is 97.9 cm³/mol. The number of unbranched alkanes of at least 4 members (excludes halogenated alkanes) is 1. The van der Waals surface area contributed by atoms with E-state index in [-0.39, 0.29) is 0 Å². The standard InChI is InChI=1S/C19H24BrNO/c1-3-21-18-14-17(20)10-11-19(18)22-12-5-4-8-16-9-6-7-15(2)13-16/h6-7,9-11,13-14,21H,3-5,8,12H2,1-2H3. The Balaban J connectivity index is 1.77. The normalized spacial score (nSPS) is 10.5. The van der Waals surface area contributed by atoms with Crippen LogP contribution in [-0.2, 0) is 6.42 Å². The molecule has 0 bridgehead atoms. The number of halogens is 1. The molecule has 0 fully saturated rings. The number of anilines is 1. The van der Waals surface area contributed by atoms with E-state index >= 15 is 0 Å². The molecule has 0 amide bonds. The average molecular weight is 362 g/mol. The number of benzene rings is 2. The summed E-state index contributed by atoms with van der Waals surface area (Å²) in [4.78, 5) is 0. The third kappa shape index (κ3) is 5.38. The lowest BCUT2D eigenvalue weighted by Crippen LogP contribution is -2.03. The minimum Gasteiger partial charge on any atom is -0.491 e. The molecule has 0 spiro atoms. The molecular weight excluding hydrogens is 338 g/mol. The lowest BCUT2D eigenvalue weighted by molar-refractivity contribution is 0.308. The van der Waals surface area contributed by atoms with Crippen LogP contribution in [0, 0.1) is 6.92 Å². The molecule has 0 radical (unpaired) electrons. The summed E-state index contributed by atoms with van der Waals surface area (Å²) in [6, 6.07) is 14.8. The van der Waals surface area contributed by atoms with Gasteiger partial charge in [0.2, 0.25) is 0 Å². The lowest BCUT2D eigenvalue weighted by atomic mass is 10.1. The molecule has 0 aliphatic heterocycles. The van der Waals surface area contributed by atoms with E-state index in [9.17, 15) is 0 Å². The van der Waals surface area contributed by atoms with Gasteiger partial charge in [0.1, 0.15) is 5.75 Å². The van der Waals surface area contributed by atoms with Crippen molar-refractivity contribution in [3.8, 4) is 5.75 Å². The van der Waals surface area contributed by atoms with E-state index in [1.165, 1.54) is 11.1 Å². The fourth-order valence-corrected chi connectivity index (χ4v) is 2.80. The molecule has 22 heavy (non-hydrogen) atoms. The minimum atomic E-state index is 0.756. The Morgan fingerprint density at radius 1 is 1.09 bits per heavy atom. The van der Waals surface area contributed by atoms with Crippen molar-refractivity contribution >= 4 is 21.6 Å². The van der Waals surface area contributed by atoms with Gasteiger partial charge in [-0.2, -0.15) is 0 Å². The van der Waals surface area contributed by atoms with Gasteiger partial charge in [0, 0.05) is 11.0 Å². The molecule has 0 aliphatic rings. The van der Waals surface area contributed by atoms with Crippen LogP contribution in [0.1, 0.15) is 30.9 Å². The summed E-state index contributed by atoms with van der Waals surface area (Å²) < 4.78 is 6.99. The zero-order valence-corrected chi connectivity index (χ0v) is 14.9. The van der Waals surface area contributed by atoms with E-state index in [1.807, 2.05) is 12.1 Å². The van der Waals surface area contributed by atoms with Crippen molar-refractivity contribution in [2.45, 2.75) is 33.1 Å². The lowest BCUT2D eigenvalue weighted by Gasteiger charge is -2.13. The summed E-state index contributed by atoms with van der Waals surface area (Å²) in [5, 5.41) is 3.33. The van der Waals surface area contributed by atoms with Crippen LogP contribution in [0.2, 0.25) is 0 Å². The fraction of sp³-hybridized carbons (Fsp3) is 0.368. The van der Waals surface area contributed by atoms with E-state index in [0.29, 0.717) is 0 Å². The van der Waals surface area contributed by atoms with Gasteiger partial charge >= 0.3 is 0 Å². The minimum absolute atomic E-state index is 0.756. The quantitative estimate of drug-likeness (QED) is 0.618. The first-order valence-electron chi connectivity index (χ1n) is 7.91. The van der Waals surface area contributed by atoms with Crippen LogP contribution in [0.3, 0.4) is 0 Å². The third-order valence-corrected chi connectivity index (χ3v) is 4.00. The molecular formula is C19H24BrNO. The summed E-state index contributed by atoms with van der Waals surface area (Å²) in [5.74, 6) is 0.931. The number of hydrogen-bond acceptors (Lipinski definition) is 2. The zero-order chi connectivity index (χ0) is 15.8. The van der Waals surface area contributed by atoms with Crippen LogP contribution in [0.4, 0.5) is 5.69 Å². The fourth-order valence-electron chi connectivity index (χ4n) is 2.44. The van der Waals surface area contributed by atoms with Crippen LogP contribution in [0.15, 0.2) is 46.9 Å². The highest BCUT2D eigenvalue weighted by Gasteiger charge is 2.03. The first-order chi connectivity index (χ1) is 10.7. The summed E-state index contributed by atoms with van der Waals surface area (Å²) in [5.41, 5.74) is 3.80. The van der Waals surface area contributed by atoms with Gasteiger partial charge in [-0.1, -0.05) is 45.8 Å². The molecule has 0 aromatic heterocycles. The van der Waals surface area contributed by atoms with E-state index in [2.05, 4.69) is 65.4 Å². The van der Waals surface area contributed by atoms with Crippen LogP contribution in [0.5, 0.6) is 5.75 Å². The Kier molecular flexibility index (Phi) is 6.78. The van der Waals surface area contributed by atoms with Gasteiger partial charge < -0.3 is 10.1 Å². The molecule has 0 saturated heterocycles. The molecule has 2 aromatic rings. The smallest absolute Gasteiger partial charge is 0.142 e.